The number of aliphatic hydroxyl groups excluding tert-OH is 2. The predicted molar refractivity (Wildman–Crippen MR) is 237 cm³/mol. The van der Waals surface area contributed by atoms with E-state index in [-0.39, 0.29) is 19.4 Å². The summed E-state index contributed by atoms with van der Waals surface area (Å²) in [6.07, 6.45) is 51.3. The molecule has 4 N–H and O–H groups in total. The average molecular weight is 829 g/mol. The second kappa shape index (κ2) is 40.2. The van der Waals surface area contributed by atoms with Gasteiger partial charge in [0.2, 0.25) is 0 Å². The molecule has 11 heteroatoms. The topological polar surface area (TPSA) is 160 Å². The second-order valence-electron chi connectivity index (χ2n) is 13.6. The van der Waals surface area contributed by atoms with E-state index in [1.165, 1.54) is 25.7 Å². The van der Waals surface area contributed by atoms with Gasteiger partial charge in [-0.25, -0.2) is 4.57 Å². The molecule has 0 saturated heterocycles. The van der Waals surface area contributed by atoms with Crippen LogP contribution in [-0.2, 0) is 28.2 Å². The van der Waals surface area contributed by atoms with Crippen LogP contribution in [0.15, 0.2) is 122 Å². The van der Waals surface area contributed by atoms with E-state index in [1.807, 2.05) is 37.3 Å². The van der Waals surface area contributed by atoms with Crippen molar-refractivity contribution in [3.63, 3.8) is 0 Å². The number of esters is 2. The summed E-state index contributed by atoms with van der Waals surface area (Å²) in [5.41, 5.74) is 0. The van der Waals surface area contributed by atoms with Crippen LogP contribution in [0.1, 0.15) is 129 Å². The molecule has 0 aromatic heterocycles. The molecule has 0 rings (SSSR count). The van der Waals surface area contributed by atoms with E-state index < -0.39 is 44.7 Å². The molecule has 0 bridgehead atoms. The van der Waals surface area contributed by atoms with Crippen molar-refractivity contribution in [1.82, 2.24) is 0 Å². The number of aliphatic hydroxyl groups is 2. The van der Waals surface area contributed by atoms with Gasteiger partial charge in [0.25, 0.3) is 0 Å². The van der Waals surface area contributed by atoms with E-state index in [0.717, 1.165) is 44.9 Å². The fraction of sp³-hybridized carbons (Fsp3) is 0.532. The number of hydrogen-bond donors (Lipinski definition) is 4. The number of phosphoric acid groups is 1. The van der Waals surface area contributed by atoms with E-state index >= 15 is 0 Å². The van der Waals surface area contributed by atoms with Crippen molar-refractivity contribution < 1.29 is 48.2 Å². The summed E-state index contributed by atoms with van der Waals surface area (Å²) in [4.78, 5) is 42.8. The Balaban J connectivity index is 4.26. The van der Waals surface area contributed by atoms with Crippen LogP contribution < -0.4 is 0 Å². The molecule has 0 spiro atoms. The van der Waals surface area contributed by atoms with Gasteiger partial charge in [-0.15, -0.1) is 0 Å². The second-order valence-corrected chi connectivity index (χ2v) is 14.9. The lowest BCUT2D eigenvalue weighted by atomic mass is 10.1. The minimum Gasteiger partial charge on any atom is -0.462 e. The minimum atomic E-state index is -4.82. The van der Waals surface area contributed by atoms with Gasteiger partial charge < -0.3 is 29.5 Å². The zero-order valence-corrected chi connectivity index (χ0v) is 36.0. The van der Waals surface area contributed by atoms with Gasteiger partial charge in [0, 0.05) is 12.8 Å². The van der Waals surface area contributed by atoms with Gasteiger partial charge in [0.15, 0.2) is 6.10 Å². The number of unbranched alkanes of at least 4 members (excludes halogenated alkanes) is 6. The molecular formula is C47H73O10P. The third kappa shape index (κ3) is 42.0. The summed E-state index contributed by atoms with van der Waals surface area (Å²) in [6.45, 7) is 3.27. The Labute approximate surface area is 349 Å². The molecule has 0 aliphatic rings. The summed E-state index contributed by atoms with van der Waals surface area (Å²) in [5, 5.41) is 19.9. The first-order valence-corrected chi connectivity index (χ1v) is 22.6. The number of hydrogen-bond acceptors (Lipinski definition) is 8. The number of rotatable bonds is 36. The smallest absolute Gasteiger partial charge is 0.462 e. The lowest BCUT2D eigenvalue weighted by Crippen LogP contribution is -2.29. The van der Waals surface area contributed by atoms with Crippen LogP contribution in [0.25, 0.3) is 0 Å². The van der Waals surface area contributed by atoms with Crippen molar-refractivity contribution in [3.05, 3.63) is 122 Å². The molecule has 0 radical (unpaired) electrons. The minimum absolute atomic E-state index is 0.0150. The van der Waals surface area contributed by atoms with Crippen LogP contribution in [0.3, 0.4) is 0 Å². The highest BCUT2D eigenvalue weighted by Gasteiger charge is 2.22. The molecule has 0 aromatic rings. The maximum absolute atomic E-state index is 12.4. The predicted octanol–water partition coefficient (Wildman–Crippen LogP) is 10.9. The van der Waals surface area contributed by atoms with Crippen LogP contribution in [0.2, 0.25) is 0 Å². The average Bonchev–Trinajstić information content (AvgIpc) is 3.18. The van der Waals surface area contributed by atoms with E-state index in [0.29, 0.717) is 32.1 Å². The van der Waals surface area contributed by atoms with Crippen LogP contribution in [0, 0.1) is 0 Å². The number of carbonyl (C=O) groups is 2. The third-order valence-corrected chi connectivity index (χ3v) is 8.63. The molecule has 0 aliphatic heterocycles. The highest BCUT2D eigenvalue weighted by Crippen LogP contribution is 2.36. The third-order valence-electron chi connectivity index (χ3n) is 8.14. The van der Waals surface area contributed by atoms with E-state index in [1.54, 1.807) is 42.5 Å². The molecule has 3 atom stereocenters. The highest BCUT2D eigenvalue weighted by atomic mass is 31.2. The highest BCUT2D eigenvalue weighted by molar-refractivity contribution is 7.46. The summed E-state index contributed by atoms with van der Waals surface area (Å²) in [7, 11) is -4.82. The number of phosphoric ester groups is 1. The van der Waals surface area contributed by atoms with Crippen LogP contribution in [0.4, 0.5) is 0 Å². The zero-order valence-electron chi connectivity index (χ0n) is 35.1. The fourth-order valence-corrected chi connectivity index (χ4v) is 5.33. The Morgan fingerprint density at radius 3 is 1.59 bits per heavy atom. The number of carbonyl (C=O) groups excluding carboxylic acids is 2. The lowest BCUT2D eigenvalue weighted by Gasteiger charge is -2.18. The zero-order chi connectivity index (χ0) is 42.8. The summed E-state index contributed by atoms with van der Waals surface area (Å²) >= 11 is 0. The molecule has 0 amide bonds. The first-order chi connectivity index (χ1) is 28.1. The number of ether oxygens (including phenoxy) is 2. The monoisotopic (exact) mass is 828 g/mol. The van der Waals surface area contributed by atoms with Crippen LogP contribution in [0.5, 0.6) is 0 Å². The van der Waals surface area contributed by atoms with E-state index in [2.05, 4.69) is 60.1 Å². The number of allylic oxidation sites excluding steroid dienone is 16. The normalized spacial score (nSPS) is 14.8. The van der Waals surface area contributed by atoms with E-state index in [9.17, 15) is 24.4 Å². The standard InChI is InChI=1S/C47H73O10P/c1-3-5-7-8-9-10-11-12-13-14-15-16-17-18-19-20-21-25-33-39-46(50)55-41-45(42-56-58(52,53)54)57-47(51)40-34-26-23-22-24-30-36-44(49)38-32-28-27-31-37-43(48)35-29-6-4-2/h6,9-10,12-13,15-16,18-19,23-24,26-32,37-38,43-45,48-49H,3-5,7-8,11,14,17,20-22,25,33-36,39-42H2,1-2H3,(H2,52,53,54)/b10-9-,13-12-,16-15-,19-18-,26-23-,28-27-,29-6-,30-24-,37-31+,38-32+/t43-,44+,45+/m0/s1. The van der Waals surface area contributed by atoms with Gasteiger partial charge >= 0.3 is 19.8 Å². The van der Waals surface area contributed by atoms with Gasteiger partial charge in [0.1, 0.15) is 6.61 Å². The van der Waals surface area contributed by atoms with Crippen molar-refractivity contribution in [2.75, 3.05) is 13.2 Å². The first-order valence-electron chi connectivity index (χ1n) is 21.0. The summed E-state index contributed by atoms with van der Waals surface area (Å²) in [6, 6.07) is 0. The van der Waals surface area contributed by atoms with E-state index in [4.69, 9.17) is 19.3 Å². The van der Waals surface area contributed by atoms with Crippen LogP contribution >= 0.6 is 7.82 Å². The quantitative estimate of drug-likeness (QED) is 0.0157. The molecule has 0 heterocycles. The van der Waals surface area contributed by atoms with Crippen molar-refractivity contribution in [2.24, 2.45) is 0 Å². The van der Waals surface area contributed by atoms with Gasteiger partial charge in [-0.2, -0.15) is 0 Å². The van der Waals surface area contributed by atoms with Gasteiger partial charge in [-0.05, 0) is 83.5 Å². The molecule has 58 heavy (non-hydrogen) atoms. The Morgan fingerprint density at radius 2 is 1.05 bits per heavy atom. The summed E-state index contributed by atoms with van der Waals surface area (Å²) < 4.78 is 26.2. The van der Waals surface area contributed by atoms with Gasteiger partial charge in [-0.3, -0.25) is 14.1 Å². The van der Waals surface area contributed by atoms with Gasteiger partial charge in [-0.1, -0.05) is 155 Å². The molecule has 0 unspecified atom stereocenters. The summed E-state index contributed by atoms with van der Waals surface area (Å²) in [5.74, 6) is -1.10. The Kier molecular flexibility index (Phi) is 37.6. The fourth-order valence-electron chi connectivity index (χ4n) is 4.97. The van der Waals surface area contributed by atoms with Crippen molar-refractivity contribution in [2.45, 2.75) is 148 Å². The largest absolute Gasteiger partial charge is 0.469 e. The maximum atomic E-state index is 12.4. The Morgan fingerprint density at radius 1 is 0.552 bits per heavy atom. The molecular weight excluding hydrogens is 755 g/mol. The molecule has 0 aromatic carbocycles. The first kappa shape index (κ1) is 54.4. The molecule has 0 aliphatic carbocycles. The lowest BCUT2D eigenvalue weighted by molar-refractivity contribution is -0.161. The SMILES string of the molecule is CC/C=C\C[C@H](O)/C=C/C=C\C=C\[C@H](O)C/C=C\C/C=C\CCC(=O)O[C@H](COC(=O)CCCCC/C=C\C/C=C\C/C=C\C/C=C\CCCCC)COP(=O)(O)O. The molecule has 0 fully saturated rings. The molecule has 326 valence electrons. The van der Waals surface area contributed by atoms with Crippen molar-refractivity contribution in [1.29, 1.82) is 0 Å². The van der Waals surface area contributed by atoms with Crippen molar-refractivity contribution >= 4 is 19.8 Å². The Hall–Kier alpha value is -3.63. The van der Waals surface area contributed by atoms with Crippen LogP contribution in [-0.4, -0.2) is 63.5 Å². The van der Waals surface area contributed by atoms with Crippen molar-refractivity contribution in [3.8, 4) is 0 Å². The molecule has 0 saturated carbocycles. The molecule has 10 nitrogen and oxygen atoms in total. The Bertz CT molecular complexity index is 1380. The maximum Gasteiger partial charge on any atom is 0.469 e. The van der Waals surface area contributed by atoms with Gasteiger partial charge in [0.05, 0.1) is 18.8 Å².